The van der Waals surface area contributed by atoms with E-state index >= 15 is 0 Å². The van der Waals surface area contributed by atoms with Gasteiger partial charge >= 0.3 is 0 Å². The molecular formula is C24H39IN6O. The lowest BCUT2D eigenvalue weighted by atomic mass is 9.94. The first-order valence-electron chi connectivity index (χ1n) is 11.4. The SMILES string of the molecule is CCNC(=NCc1ccc(N(C)C2CCCCC2)cc1)NCC(C)(O)c1cnn(C)c1.I. The van der Waals surface area contributed by atoms with E-state index < -0.39 is 5.60 Å². The molecule has 0 spiro atoms. The third-order valence-corrected chi connectivity index (χ3v) is 6.16. The van der Waals surface area contributed by atoms with Crippen molar-refractivity contribution in [3.05, 3.63) is 47.8 Å². The molecule has 0 radical (unpaired) electrons. The second-order valence-electron chi connectivity index (χ2n) is 8.79. The predicted molar refractivity (Wildman–Crippen MR) is 143 cm³/mol. The third-order valence-electron chi connectivity index (χ3n) is 6.16. The fraction of sp³-hybridized carbons (Fsp3) is 0.583. The molecule has 1 aliphatic rings. The van der Waals surface area contributed by atoms with E-state index in [0.717, 1.165) is 17.7 Å². The van der Waals surface area contributed by atoms with E-state index in [-0.39, 0.29) is 24.0 Å². The van der Waals surface area contributed by atoms with Crippen LogP contribution in [0.1, 0.15) is 57.1 Å². The Hall–Kier alpha value is -1.81. The molecule has 1 aromatic heterocycles. The van der Waals surface area contributed by atoms with Gasteiger partial charge in [-0.05, 0) is 44.4 Å². The molecule has 1 atom stereocenters. The Morgan fingerprint density at radius 3 is 2.50 bits per heavy atom. The maximum Gasteiger partial charge on any atom is 0.191 e. The summed E-state index contributed by atoms with van der Waals surface area (Å²) in [5.74, 6) is 0.690. The Bertz CT molecular complexity index is 842. The van der Waals surface area contributed by atoms with Crippen molar-refractivity contribution < 1.29 is 5.11 Å². The summed E-state index contributed by atoms with van der Waals surface area (Å²) >= 11 is 0. The van der Waals surface area contributed by atoms with Gasteiger partial charge in [0, 0.05) is 44.1 Å². The van der Waals surface area contributed by atoms with Gasteiger partial charge < -0.3 is 20.6 Å². The first-order chi connectivity index (χ1) is 14.9. The lowest BCUT2D eigenvalue weighted by molar-refractivity contribution is 0.0616. The minimum absolute atomic E-state index is 0. The van der Waals surface area contributed by atoms with Gasteiger partial charge in [-0.25, -0.2) is 4.99 Å². The number of guanidine groups is 1. The maximum absolute atomic E-state index is 10.8. The summed E-state index contributed by atoms with van der Waals surface area (Å²) in [6.07, 6.45) is 10.2. The topological polar surface area (TPSA) is 77.7 Å². The molecule has 1 fully saturated rings. The smallest absolute Gasteiger partial charge is 0.191 e. The summed E-state index contributed by atoms with van der Waals surface area (Å²) in [6, 6.07) is 9.39. The number of nitrogens with one attached hydrogen (secondary N) is 2. The molecule has 32 heavy (non-hydrogen) atoms. The second-order valence-corrected chi connectivity index (χ2v) is 8.79. The summed E-state index contributed by atoms with van der Waals surface area (Å²) in [6.45, 7) is 5.49. The standard InChI is InChI=1S/C24H38N6O.HI/c1-5-25-23(27-18-24(2,31)20-16-28-29(3)17-20)26-15-19-11-13-22(14-12-19)30(4)21-9-7-6-8-10-21;/h11-14,16-17,21,31H,5-10,15,18H2,1-4H3,(H2,25,26,27);1H. The highest BCUT2D eigenvalue weighted by Crippen LogP contribution is 2.26. The number of hydrogen-bond donors (Lipinski definition) is 3. The number of anilines is 1. The van der Waals surface area contributed by atoms with Gasteiger partial charge in [-0.15, -0.1) is 24.0 Å². The zero-order valence-electron chi connectivity index (χ0n) is 19.8. The van der Waals surface area contributed by atoms with Crippen molar-refractivity contribution in [1.29, 1.82) is 0 Å². The van der Waals surface area contributed by atoms with E-state index in [1.807, 2.05) is 20.2 Å². The average Bonchev–Trinajstić information content (AvgIpc) is 3.23. The van der Waals surface area contributed by atoms with Crippen LogP contribution < -0.4 is 15.5 Å². The van der Waals surface area contributed by atoms with Crippen LogP contribution >= 0.6 is 24.0 Å². The Balaban J connectivity index is 0.00000363. The molecule has 0 amide bonds. The molecule has 8 heteroatoms. The van der Waals surface area contributed by atoms with Crippen molar-refractivity contribution in [2.45, 2.75) is 64.1 Å². The summed E-state index contributed by atoms with van der Waals surface area (Å²) in [4.78, 5) is 7.13. The zero-order chi connectivity index (χ0) is 22.3. The van der Waals surface area contributed by atoms with Crippen molar-refractivity contribution >= 4 is 35.6 Å². The zero-order valence-corrected chi connectivity index (χ0v) is 22.2. The fourth-order valence-electron chi connectivity index (χ4n) is 4.08. The molecule has 1 aliphatic carbocycles. The molecule has 178 valence electrons. The number of halogens is 1. The monoisotopic (exact) mass is 554 g/mol. The van der Waals surface area contributed by atoms with E-state index in [4.69, 9.17) is 4.99 Å². The molecule has 1 heterocycles. The Labute approximate surface area is 209 Å². The number of rotatable bonds is 8. The Kier molecular flexibility index (Phi) is 10.3. The lowest BCUT2D eigenvalue weighted by Gasteiger charge is -2.33. The van der Waals surface area contributed by atoms with Crippen molar-refractivity contribution in [2.75, 3.05) is 25.0 Å². The first-order valence-corrected chi connectivity index (χ1v) is 11.4. The van der Waals surface area contributed by atoms with Crippen LogP contribution in [0, 0.1) is 0 Å². The van der Waals surface area contributed by atoms with Crippen LogP contribution in [0.5, 0.6) is 0 Å². The molecule has 2 aromatic rings. The van der Waals surface area contributed by atoms with Gasteiger partial charge in [-0.3, -0.25) is 4.68 Å². The van der Waals surface area contributed by atoms with Crippen LogP contribution in [0.2, 0.25) is 0 Å². The van der Waals surface area contributed by atoms with Crippen LogP contribution in [-0.4, -0.2) is 47.0 Å². The summed E-state index contributed by atoms with van der Waals surface area (Å²) in [7, 11) is 4.06. The molecular weight excluding hydrogens is 515 g/mol. The van der Waals surface area contributed by atoms with Crippen LogP contribution in [0.3, 0.4) is 0 Å². The fourth-order valence-corrected chi connectivity index (χ4v) is 4.08. The molecule has 1 saturated carbocycles. The predicted octanol–water partition coefficient (Wildman–Crippen LogP) is 3.77. The largest absolute Gasteiger partial charge is 0.383 e. The van der Waals surface area contributed by atoms with Crippen LogP contribution in [-0.2, 0) is 19.2 Å². The van der Waals surface area contributed by atoms with Gasteiger partial charge in [0.15, 0.2) is 5.96 Å². The van der Waals surface area contributed by atoms with Crippen molar-refractivity contribution in [1.82, 2.24) is 20.4 Å². The normalized spacial score (nSPS) is 16.7. The van der Waals surface area contributed by atoms with E-state index in [0.29, 0.717) is 25.1 Å². The number of aromatic nitrogens is 2. The second kappa shape index (κ2) is 12.4. The number of benzene rings is 1. The molecule has 3 rings (SSSR count). The van der Waals surface area contributed by atoms with E-state index in [2.05, 4.69) is 51.9 Å². The Morgan fingerprint density at radius 1 is 1.22 bits per heavy atom. The van der Waals surface area contributed by atoms with E-state index in [1.54, 1.807) is 17.8 Å². The molecule has 0 saturated heterocycles. The van der Waals surface area contributed by atoms with Crippen LogP contribution in [0.25, 0.3) is 0 Å². The summed E-state index contributed by atoms with van der Waals surface area (Å²) in [5, 5.41) is 21.4. The number of aryl methyl sites for hydroxylation is 1. The minimum atomic E-state index is -1.03. The van der Waals surface area contributed by atoms with Gasteiger partial charge in [0.25, 0.3) is 0 Å². The maximum atomic E-state index is 10.8. The molecule has 3 N–H and O–H groups in total. The highest BCUT2D eigenvalue weighted by molar-refractivity contribution is 14.0. The number of nitrogens with zero attached hydrogens (tertiary/aromatic N) is 4. The van der Waals surface area contributed by atoms with Gasteiger partial charge in [0.05, 0.1) is 19.3 Å². The van der Waals surface area contributed by atoms with Gasteiger partial charge in [-0.1, -0.05) is 31.4 Å². The van der Waals surface area contributed by atoms with Crippen molar-refractivity contribution in [3.8, 4) is 0 Å². The summed E-state index contributed by atoms with van der Waals surface area (Å²) in [5.41, 5.74) is 2.18. The van der Waals surface area contributed by atoms with Gasteiger partial charge in [-0.2, -0.15) is 5.10 Å². The third kappa shape index (κ3) is 7.37. The average molecular weight is 555 g/mol. The Morgan fingerprint density at radius 2 is 1.91 bits per heavy atom. The van der Waals surface area contributed by atoms with Crippen molar-refractivity contribution in [2.24, 2.45) is 12.0 Å². The lowest BCUT2D eigenvalue weighted by Crippen LogP contribution is -2.44. The molecule has 0 bridgehead atoms. The highest BCUT2D eigenvalue weighted by Gasteiger charge is 2.25. The number of aliphatic imine (C=N–C) groups is 1. The highest BCUT2D eigenvalue weighted by atomic mass is 127. The van der Waals surface area contributed by atoms with Crippen LogP contribution in [0.4, 0.5) is 5.69 Å². The molecule has 0 aliphatic heterocycles. The van der Waals surface area contributed by atoms with E-state index in [9.17, 15) is 5.11 Å². The minimum Gasteiger partial charge on any atom is -0.383 e. The number of hydrogen-bond acceptors (Lipinski definition) is 4. The van der Waals surface area contributed by atoms with Crippen LogP contribution in [0.15, 0.2) is 41.7 Å². The van der Waals surface area contributed by atoms with E-state index in [1.165, 1.54) is 37.8 Å². The van der Waals surface area contributed by atoms with Gasteiger partial charge in [0.1, 0.15) is 5.60 Å². The molecule has 7 nitrogen and oxygen atoms in total. The first kappa shape index (κ1) is 26.4. The van der Waals surface area contributed by atoms with Gasteiger partial charge in [0.2, 0.25) is 0 Å². The molecule has 1 unspecified atom stereocenters. The quantitative estimate of drug-likeness (QED) is 0.263. The summed E-state index contributed by atoms with van der Waals surface area (Å²) < 4.78 is 1.69. The number of aliphatic hydroxyl groups is 1. The molecule has 1 aromatic carbocycles. The van der Waals surface area contributed by atoms with Crippen molar-refractivity contribution in [3.63, 3.8) is 0 Å².